The van der Waals surface area contributed by atoms with Crippen LogP contribution in [0.1, 0.15) is 12.5 Å². The first kappa shape index (κ1) is 9.81. The lowest BCUT2D eigenvalue weighted by Gasteiger charge is -2.03. The summed E-state index contributed by atoms with van der Waals surface area (Å²) < 4.78 is 5.34. The Balaban J connectivity index is 2.37. The van der Waals surface area contributed by atoms with Gasteiger partial charge >= 0.3 is 0 Å². The molecule has 0 aliphatic heterocycles. The maximum atomic E-state index is 9.02. The van der Waals surface area contributed by atoms with Crippen LogP contribution in [0, 0.1) is 0 Å². The van der Waals surface area contributed by atoms with Crippen molar-refractivity contribution in [1.29, 1.82) is 0 Å². The van der Waals surface area contributed by atoms with Crippen LogP contribution in [-0.2, 0) is 11.3 Å². The second-order valence-corrected chi connectivity index (χ2v) is 3.12. The summed E-state index contributed by atoms with van der Waals surface area (Å²) in [6, 6.07) is 6.99. The molecule has 0 bridgehead atoms. The minimum atomic E-state index is 0.281. The van der Waals surface area contributed by atoms with E-state index in [0.29, 0.717) is 13.2 Å². The van der Waals surface area contributed by atoms with E-state index in [-0.39, 0.29) is 5.75 Å². The Morgan fingerprint density at radius 3 is 2.54 bits per heavy atom. The van der Waals surface area contributed by atoms with Gasteiger partial charge in [0.25, 0.3) is 0 Å². The van der Waals surface area contributed by atoms with Crippen molar-refractivity contribution in [2.75, 3.05) is 6.61 Å². The van der Waals surface area contributed by atoms with Gasteiger partial charge in [-0.05, 0) is 24.6 Å². The smallest absolute Gasteiger partial charge is 0.115 e. The van der Waals surface area contributed by atoms with E-state index in [1.807, 2.05) is 19.1 Å². The molecule has 0 fully saturated rings. The average Bonchev–Trinajstić information content (AvgIpc) is 2.08. The minimum absolute atomic E-state index is 0.281. The Kier molecular flexibility index (Phi) is 3.53. The standard InChI is InChI=1S/C11H14O2/c1-9(2)7-13-8-10-3-5-11(12)6-4-10/h3-6,12H,1,7-8H2,2H3. The second kappa shape index (κ2) is 4.67. The lowest BCUT2D eigenvalue weighted by atomic mass is 10.2. The molecule has 0 aromatic heterocycles. The summed E-state index contributed by atoms with van der Waals surface area (Å²) in [5.74, 6) is 0.281. The van der Waals surface area contributed by atoms with Gasteiger partial charge in [0.2, 0.25) is 0 Å². The van der Waals surface area contributed by atoms with E-state index in [1.54, 1.807) is 12.1 Å². The largest absolute Gasteiger partial charge is 0.508 e. The van der Waals surface area contributed by atoms with Crippen molar-refractivity contribution in [1.82, 2.24) is 0 Å². The number of phenols is 1. The Hall–Kier alpha value is -1.28. The summed E-state index contributed by atoms with van der Waals surface area (Å²) in [5.41, 5.74) is 2.07. The molecular weight excluding hydrogens is 164 g/mol. The van der Waals surface area contributed by atoms with Gasteiger partial charge in [0.15, 0.2) is 0 Å². The van der Waals surface area contributed by atoms with Crippen molar-refractivity contribution in [3.8, 4) is 5.75 Å². The molecule has 0 saturated heterocycles. The number of ether oxygens (including phenoxy) is 1. The third kappa shape index (κ3) is 3.76. The molecule has 1 aromatic carbocycles. The van der Waals surface area contributed by atoms with Crippen molar-refractivity contribution in [3.63, 3.8) is 0 Å². The molecule has 1 N–H and O–H groups in total. The van der Waals surface area contributed by atoms with E-state index in [1.165, 1.54) is 0 Å². The van der Waals surface area contributed by atoms with Crippen LogP contribution in [0.15, 0.2) is 36.4 Å². The normalized spacial score (nSPS) is 9.92. The molecule has 0 atom stereocenters. The van der Waals surface area contributed by atoms with Crippen LogP contribution >= 0.6 is 0 Å². The zero-order valence-corrected chi connectivity index (χ0v) is 7.79. The highest BCUT2D eigenvalue weighted by molar-refractivity contribution is 5.25. The highest BCUT2D eigenvalue weighted by Gasteiger charge is 1.93. The number of phenolic OH excluding ortho intramolecular Hbond substituents is 1. The van der Waals surface area contributed by atoms with Gasteiger partial charge < -0.3 is 9.84 Å². The van der Waals surface area contributed by atoms with Gasteiger partial charge in [-0.2, -0.15) is 0 Å². The van der Waals surface area contributed by atoms with Crippen molar-refractivity contribution in [2.24, 2.45) is 0 Å². The molecule has 0 aliphatic rings. The average molecular weight is 178 g/mol. The Bertz CT molecular complexity index is 275. The summed E-state index contributed by atoms with van der Waals surface area (Å²) in [4.78, 5) is 0. The summed E-state index contributed by atoms with van der Waals surface area (Å²) in [5, 5.41) is 9.02. The monoisotopic (exact) mass is 178 g/mol. The summed E-state index contributed by atoms with van der Waals surface area (Å²) in [7, 11) is 0. The number of hydrogen-bond acceptors (Lipinski definition) is 2. The maximum Gasteiger partial charge on any atom is 0.115 e. The third-order valence-corrected chi connectivity index (χ3v) is 1.55. The van der Waals surface area contributed by atoms with E-state index >= 15 is 0 Å². The number of benzene rings is 1. The van der Waals surface area contributed by atoms with E-state index in [9.17, 15) is 0 Å². The molecule has 13 heavy (non-hydrogen) atoms. The second-order valence-electron chi connectivity index (χ2n) is 3.12. The lowest BCUT2D eigenvalue weighted by Crippen LogP contribution is -1.95. The fourth-order valence-corrected chi connectivity index (χ4v) is 0.935. The topological polar surface area (TPSA) is 29.5 Å². The lowest BCUT2D eigenvalue weighted by molar-refractivity contribution is 0.143. The maximum absolute atomic E-state index is 9.02. The van der Waals surface area contributed by atoms with Crippen LogP contribution in [0.3, 0.4) is 0 Å². The predicted molar refractivity (Wildman–Crippen MR) is 52.6 cm³/mol. The molecule has 0 saturated carbocycles. The Labute approximate surface area is 78.5 Å². The highest BCUT2D eigenvalue weighted by atomic mass is 16.5. The molecule has 0 aliphatic carbocycles. The Morgan fingerprint density at radius 1 is 1.38 bits per heavy atom. The molecule has 1 rings (SSSR count). The molecular formula is C11H14O2. The van der Waals surface area contributed by atoms with Gasteiger partial charge in [-0.1, -0.05) is 24.3 Å². The van der Waals surface area contributed by atoms with E-state index < -0.39 is 0 Å². The molecule has 0 unspecified atom stereocenters. The van der Waals surface area contributed by atoms with Crippen molar-refractivity contribution in [3.05, 3.63) is 42.0 Å². The van der Waals surface area contributed by atoms with Gasteiger partial charge in [0.05, 0.1) is 13.2 Å². The number of aromatic hydroxyl groups is 1. The number of hydrogen-bond donors (Lipinski definition) is 1. The van der Waals surface area contributed by atoms with Crippen LogP contribution in [0.4, 0.5) is 0 Å². The number of rotatable bonds is 4. The molecule has 2 heteroatoms. The zero-order valence-electron chi connectivity index (χ0n) is 7.79. The third-order valence-electron chi connectivity index (χ3n) is 1.55. The SMILES string of the molecule is C=C(C)COCc1ccc(O)cc1. The molecule has 0 radical (unpaired) electrons. The first-order valence-corrected chi connectivity index (χ1v) is 4.18. The molecule has 2 nitrogen and oxygen atoms in total. The molecule has 0 amide bonds. The molecule has 0 heterocycles. The zero-order chi connectivity index (χ0) is 9.68. The van der Waals surface area contributed by atoms with Crippen molar-refractivity contribution in [2.45, 2.75) is 13.5 Å². The van der Waals surface area contributed by atoms with Gasteiger partial charge in [0, 0.05) is 0 Å². The van der Waals surface area contributed by atoms with Crippen LogP contribution in [-0.4, -0.2) is 11.7 Å². The van der Waals surface area contributed by atoms with Gasteiger partial charge in [-0.3, -0.25) is 0 Å². The first-order chi connectivity index (χ1) is 6.18. The van der Waals surface area contributed by atoms with Gasteiger partial charge in [-0.25, -0.2) is 0 Å². The fraction of sp³-hybridized carbons (Fsp3) is 0.273. The molecule has 0 spiro atoms. The van der Waals surface area contributed by atoms with Crippen LogP contribution < -0.4 is 0 Å². The van der Waals surface area contributed by atoms with Crippen molar-refractivity contribution < 1.29 is 9.84 Å². The minimum Gasteiger partial charge on any atom is -0.508 e. The van der Waals surface area contributed by atoms with Crippen LogP contribution in [0.25, 0.3) is 0 Å². The molecule has 1 aromatic rings. The molecule has 70 valence electrons. The highest BCUT2D eigenvalue weighted by Crippen LogP contribution is 2.10. The quantitative estimate of drug-likeness (QED) is 0.718. The van der Waals surface area contributed by atoms with E-state index in [2.05, 4.69) is 6.58 Å². The van der Waals surface area contributed by atoms with Gasteiger partial charge in [-0.15, -0.1) is 0 Å². The first-order valence-electron chi connectivity index (χ1n) is 4.18. The fourth-order valence-electron chi connectivity index (χ4n) is 0.935. The summed E-state index contributed by atoms with van der Waals surface area (Å²) in [6.07, 6.45) is 0. The van der Waals surface area contributed by atoms with Crippen LogP contribution in [0.2, 0.25) is 0 Å². The van der Waals surface area contributed by atoms with Crippen molar-refractivity contribution >= 4 is 0 Å². The van der Waals surface area contributed by atoms with Gasteiger partial charge in [0.1, 0.15) is 5.75 Å². The predicted octanol–water partition coefficient (Wildman–Crippen LogP) is 2.48. The van der Waals surface area contributed by atoms with E-state index in [0.717, 1.165) is 11.1 Å². The van der Waals surface area contributed by atoms with Crippen LogP contribution in [0.5, 0.6) is 5.75 Å². The summed E-state index contributed by atoms with van der Waals surface area (Å²) in [6.45, 7) is 6.81. The van der Waals surface area contributed by atoms with E-state index in [4.69, 9.17) is 9.84 Å². The Morgan fingerprint density at radius 2 is 2.00 bits per heavy atom. The summed E-state index contributed by atoms with van der Waals surface area (Å²) >= 11 is 0.